The average molecular weight is 446 g/mol. The lowest BCUT2D eigenvalue weighted by atomic mass is 9.92. The summed E-state index contributed by atoms with van der Waals surface area (Å²) in [5, 5.41) is 10.6. The molecular formula is C22H31N5O3S. The average Bonchev–Trinajstić information content (AvgIpc) is 3.39. The Hall–Kier alpha value is -2.42. The van der Waals surface area contributed by atoms with E-state index in [9.17, 15) is 9.59 Å². The number of aromatic nitrogens is 3. The van der Waals surface area contributed by atoms with Crippen molar-refractivity contribution in [2.45, 2.75) is 46.5 Å². The van der Waals surface area contributed by atoms with Crippen molar-refractivity contribution in [3.8, 4) is 5.13 Å². The van der Waals surface area contributed by atoms with Gasteiger partial charge in [-0.05, 0) is 58.6 Å². The van der Waals surface area contributed by atoms with Gasteiger partial charge in [0.1, 0.15) is 0 Å². The standard InChI is InChI=1S/C22H31N5O3S/c1-4-30-20(29)18-6-5-11-26(14-18)19(28)17-9-12-25(13-10-17)21-23-24-22(31-21)27-15(2)7-8-16(27)3/h7-8,17-18H,4-6,9-14H2,1-3H3. The van der Waals surface area contributed by atoms with Crippen molar-refractivity contribution in [3.05, 3.63) is 23.5 Å². The first-order chi connectivity index (χ1) is 15.0. The van der Waals surface area contributed by atoms with Gasteiger partial charge in [0, 0.05) is 43.5 Å². The third kappa shape index (κ3) is 4.61. The first-order valence-electron chi connectivity index (χ1n) is 11.2. The molecule has 1 atom stereocenters. The van der Waals surface area contributed by atoms with Gasteiger partial charge in [-0.3, -0.25) is 14.2 Å². The summed E-state index contributed by atoms with van der Waals surface area (Å²) < 4.78 is 7.28. The van der Waals surface area contributed by atoms with E-state index in [0.29, 0.717) is 13.2 Å². The summed E-state index contributed by atoms with van der Waals surface area (Å²) in [6.07, 6.45) is 3.27. The zero-order valence-corrected chi connectivity index (χ0v) is 19.4. The highest BCUT2D eigenvalue weighted by molar-refractivity contribution is 7.17. The Morgan fingerprint density at radius 1 is 1.03 bits per heavy atom. The Bertz CT molecular complexity index is 912. The van der Waals surface area contributed by atoms with Crippen LogP contribution in [0.3, 0.4) is 0 Å². The van der Waals surface area contributed by atoms with Crippen LogP contribution in [0.5, 0.6) is 0 Å². The molecule has 0 N–H and O–H groups in total. The number of likely N-dealkylation sites (tertiary alicyclic amines) is 1. The van der Waals surface area contributed by atoms with Gasteiger partial charge >= 0.3 is 5.97 Å². The second-order valence-electron chi connectivity index (χ2n) is 8.46. The van der Waals surface area contributed by atoms with Crippen molar-refractivity contribution < 1.29 is 14.3 Å². The second-order valence-corrected chi connectivity index (χ2v) is 9.39. The van der Waals surface area contributed by atoms with Gasteiger partial charge < -0.3 is 14.5 Å². The van der Waals surface area contributed by atoms with Crippen LogP contribution < -0.4 is 4.90 Å². The molecule has 2 aromatic heterocycles. The molecule has 4 rings (SSSR count). The Morgan fingerprint density at radius 3 is 2.39 bits per heavy atom. The number of aryl methyl sites for hydroxylation is 2. The maximum atomic E-state index is 13.1. The number of esters is 1. The van der Waals surface area contributed by atoms with E-state index >= 15 is 0 Å². The summed E-state index contributed by atoms with van der Waals surface area (Å²) in [6.45, 7) is 9.17. The molecule has 2 saturated heterocycles. The van der Waals surface area contributed by atoms with E-state index in [2.05, 4.69) is 45.6 Å². The lowest BCUT2D eigenvalue weighted by molar-refractivity contribution is -0.152. The molecule has 168 valence electrons. The highest BCUT2D eigenvalue weighted by Gasteiger charge is 2.34. The topological polar surface area (TPSA) is 80.6 Å². The molecule has 2 aromatic rings. The number of carbonyl (C=O) groups is 2. The number of hydrogen-bond acceptors (Lipinski definition) is 7. The van der Waals surface area contributed by atoms with Gasteiger partial charge in [0.25, 0.3) is 0 Å². The van der Waals surface area contributed by atoms with Gasteiger partial charge in [-0.2, -0.15) is 0 Å². The minimum atomic E-state index is -0.182. The van der Waals surface area contributed by atoms with Crippen LogP contribution in [-0.2, 0) is 14.3 Å². The summed E-state index contributed by atoms with van der Waals surface area (Å²) in [6, 6.07) is 4.17. The van der Waals surface area contributed by atoms with E-state index in [-0.39, 0.29) is 23.7 Å². The molecule has 0 radical (unpaired) electrons. The predicted molar refractivity (Wildman–Crippen MR) is 120 cm³/mol. The van der Waals surface area contributed by atoms with Crippen LogP contribution in [0.2, 0.25) is 0 Å². The molecule has 31 heavy (non-hydrogen) atoms. The summed E-state index contributed by atoms with van der Waals surface area (Å²) >= 11 is 1.59. The van der Waals surface area contributed by atoms with Crippen LogP contribution in [0.15, 0.2) is 12.1 Å². The van der Waals surface area contributed by atoms with Crippen molar-refractivity contribution in [3.63, 3.8) is 0 Å². The molecule has 0 saturated carbocycles. The summed E-state index contributed by atoms with van der Waals surface area (Å²) in [7, 11) is 0. The summed E-state index contributed by atoms with van der Waals surface area (Å²) in [5.74, 6) is -0.156. The molecule has 2 aliphatic heterocycles. The maximum Gasteiger partial charge on any atom is 0.310 e. The van der Waals surface area contributed by atoms with E-state index in [1.165, 1.54) is 0 Å². The lowest BCUT2D eigenvalue weighted by Crippen LogP contribution is -2.47. The van der Waals surface area contributed by atoms with Gasteiger partial charge in [-0.1, -0.05) is 11.3 Å². The molecule has 0 aromatic carbocycles. The molecule has 2 fully saturated rings. The molecule has 0 aliphatic carbocycles. The fraction of sp³-hybridized carbons (Fsp3) is 0.636. The van der Waals surface area contributed by atoms with Crippen LogP contribution in [-0.4, -0.2) is 64.3 Å². The number of nitrogens with zero attached hydrogens (tertiary/aromatic N) is 5. The van der Waals surface area contributed by atoms with E-state index in [1.807, 2.05) is 11.8 Å². The smallest absolute Gasteiger partial charge is 0.310 e. The number of piperidine rings is 2. The normalized spacial score (nSPS) is 20.2. The van der Waals surface area contributed by atoms with Crippen LogP contribution in [0.1, 0.15) is 44.0 Å². The molecule has 8 nitrogen and oxygen atoms in total. The van der Waals surface area contributed by atoms with Crippen molar-refractivity contribution in [1.29, 1.82) is 0 Å². The first-order valence-corrected chi connectivity index (χ1v) is 12.0. The molecule has 0 bridgehead atoms. The van der Waals surface area contributed by atoms with Gasteiger partial charge in [0.2, 0.25) is 16.2 Å². The fourth-order valence-corrected chi connectivity index (χ4v) is 5.62. The van der Waals surface area contributed by atoms with Gasteiger partial charge in [-0.15, -0.1) is 10.2 Å². The van der Waals surface area contributed by atoms with Gasteiger partial charge in [0.05, 0.1) is 12.5 Å². The molecule has 2 aliphatic rings. The Labute approximate surface area is 187 Å². The number of carbonyl (C=O) groups excluding carboxylic acids is 2. The Balaban J connectivity index is 1.34. The molecule has 1 amide bonds. The Morgan fingerprint density at radius 2 is 1.71 bits per heavy atom. The molecule has 0 spiro atoms. The molecular weight excluding hydrogens is 414 g/mol. The van der Waals surface area contributed by atoms with E-state index in [1.54, 1.807) is 11.3 Å². The number of ether oxygens (including phenoxy) is 1. The second kappa shape index (κ2) is 9.38. The molecule has 1 unspecified atom stereocenters. The largest absolute Gasteiger partial charge is 0.466 e. The van der Waals surface area contributed by atoms with Crippen LogP contribution in [0.4, 0.5) is 5.13 Å². The number of hydrogen-bond donors (Lipinski definition) is 0. The lowest BCUT2D eigenvalue weighted by Gasteiger charge is -2.37. The zero-order valence-electron chi connectivity index (χ0n) is 18.5. The number of amides is 1. The quantitative estimate of drug-likeness (QED) is 0.659. The van der Waals surface area contributed by atoms with Crippen molar-refractivity contribution in [2.75, 3.05) is 37.7 Å². The minimum Gasteiger partial charge on any atom is -0.466 e. The SMILES string of the molecule is CCOC(=O)C1CCCN(C(=O)C2CCN(c3nnc(-n4c(C)ccc4C)s3)CC2)C1. The van der Waals surface area contributed by atoms with Crippen LogP contribution in [0, 0.1) is 25.7 Å². The van der Waals surface area contributed by atoms with Crippen molar-refractivity contribution >= 4 is 28.3 Å². The number of rotatable bonds is 5. The van der Waals surface area contributed by atoms with Gasteiger partial charge in [-0.25, -0.2) is 0 Å². The third-order valence-corrected chi connectivity index (χ3v) is 7.30. The zero-order chi connectivity index (χ0) is 22.0. The van der Waals surface area contributed by atoms with E-state index < -0.39 is 0 Å². The molecule has 9 heteroatoms. The van der Waals surface area contributed by atoms with Gasteiger partial charge in [0.15, 0.2) is 0 Å². The Kier molecular flexibility index (Phi) is 6.60. The third-order valence-electron chi connectivity index (χ3n) is 6.33. The van der Waals surface area contributed by atoms with Crippen LogP contribution >= 0.6 is 11.3 Å². The van der Waals surface area contributed by atoms with E-state index in [0.717, 1.165) is 67.0 Å². The minimum absolute atomic E-state index is 0.0125. The highest BCUT2D eigenvalue weighted by Crippen LogP contribution is 2.30. The molecule has 4 heterocycles. The highest BCUT2D eigenvalue weighted by atomic mass is 32.1. The van der Waals surface area contributed by atoms with E-state index in [4.69, 9.17) is 4.74 Å². The fourth-order valence-electron chi connectivity index (χ4n) is 4.60. The van der Waals surface area contributed by atoms with Crippen LogP contribution in [0.25, 0.3) is 5.13 Å². The monoisotopic (exact) mass is 445 g/mol. The van der Waals surface area contributed by atoms with Crippen molar-refractivity contribution in [2.24, 2.45) is 11.8 Å². The summed E-state index contributed by atoms with van der Waals surface area (Å²) in [5.41, 5.74) is 2.29. The van der Waals surface area contributed by atoms with Crippen molar-refractivity contribution in [1.82, 2.24) is 19.7 Å². The first kappa shape index (κ1) is 21.8. The summed E-state index contributed by atoms with van der Waals surface area (Å²) in [4.78, 5) is 29.3. The number of anilines is 1. The predicted octanol–water partition coefficient (Wildman–Crippen LogP) is 2.96. The maximum absolute atomic E-state index is 13.1.